The van der Waals surface area contributed by atoms with Gasteiger partial charge in [0.15, 0.2) is 21.8 Å². The van der Waals surface area contributed by atoms with Gasteiger partial charge in [-0.05, 0) is 51.0 Å². The van der Waals surface area contributed by atoms with Gasteiger partial charge in [-0.1, -0.05) is 25.7 Å². The molecule has 0 radical (unpaired) electrons. The molecule has 0 aliphatic heterocycles. The second kappa shape index (κ2) is 12.6. The van der Waals surface area contributed by atoms with E-state index in [2.05, 4.69) is 20.6 Å². The van der Waals surface area contributed by atoms with E-state index in [1.165, 1.54) is 22.7 Å². The summed E-state index contributed by atoms with van der Waals surface area (Å²) in [5.41, 5.74) is 1.47. The van der Waals surface area contributed by atoms with Crippen molar-refractivity contribution in [1.82, 2.24) is 9.97 Å². The highest BCUT2D eigenvalue weighted by atomic mass is 32.1. The number of aryl methyl sites for hydroxylation is 2. The summed E-state index contributed by atoms with van der Waals surface area (Å²) in [7, 11) is 0. The molecule has 0 saturated heterocycles. The van der Waals surface area contributed by atoms with Gasteiger partial charge in [-0.15, -0.1) is 22.7 Å². The van der Waals surface area contributed by atoms with Crippen LogP contribution >= 0.6 is 22.7 Å². The van der Waals surface area contributed by atoms with Crippen LogP contribution in [0.3, 0.4) is 0 Å². The lowest BCUT2D eigenvalue weighted by molar-refractivity contribution is -0.117. The zero-order chi connectivity index (χ0) is 25.3. The van der Waals surface area contributed by atoms with Crippen LogP contribution in [0.25, 0.3) is 22.9 Å². The number of unbranched alkanes of at least 4 members (excludes halogenated alkanes) is 5. The third kappa shape index (κ3) is 7.63. The van der Waals surface area contributed by atoms with Gasteiger partial charge >= 0.3 is 0 Å². The molecule has 4 rings (SSSR count). The van der Waals surface area contributed by atoms with Gasteiger partial charge in [-0.2, -0.15) is 0 Å². The van der Waals surface area contributed by atoms with E-state index in [0.717, 1.165) is 61.4 Å². The summed E-state index contributed by atoms with van der Waals surface area (Å²) in [6, 6.07) is 7.54. The van der Waals surface area contributed by atoms with Crippen molar-refractivity contribution < 1.29 is 18.4 Å². The van der Waals surface area contributed by atoms with Gasteiger partial charge in [0.2, 0.25) is 11.8 Å². The van der Waals surface area contributed by atoms with Crippen molar-refractivity contribution in [3.05, 3.63) is 46.5 Å². The highest BCUT2D eigenvalue weighted by molar-refractivity contribution is 7.14. The average molecular weight is 527 g/mol. The Morgan fingerprint density at radius 2 is 1.11 bits per heavy atom. The summed E-state index contributed by atoms with van der Waals surface area (Å²) in [6.07, 6.45) is 6.70. The first-order valence-electron chi connectivity index (χ1n) is 12.1. The van der Waals surface area contributed by atoms with Gasteiger partial charge in [-0.25, -0.2) is 9.97 Å². The Labute approximate surface area is 218 Å². The smallest absolute Gasteiger partial charge is 0.226 e. The van der Waals surface area contributed by atoms with Crippen molar-refractivity contribution in [3.8, 4) is 22.9 Å². The SMILES string of the molecule is Cc1ccc(-c2csc(NC(=O)CCCCCCCCC(=O)Nc3nc(-c4ccc(C)o4)cs3)n2)o1. The van der Waals surface area contributed by atoms with Gasteiger partial charge in [0, 0.05) is 23.6 Å². The lowest BCUT2D eigenvalue weighted by Crippen LogP contribution is -2.11. The van der Waals surface area contributed by atoms with E-state index in [1.54, 1.807) is 0 Å². The summed E-state index contributed by atoms with van der Waals surface area (Å²) in [5.74, 6) is 3.04. The molecule has 36 heavy (non-hydrogen) atoms. The lowest BCUT2D eigenvalue weighted by atomic mass is 10.1. The van der Waals surface area contributed by atoms with Crippen molar-refractivity contribution in [2.45, 2.75) is 65.2 Å². The van der Waals surface area contributed by atoms with Gasteiger partial charge in [0.1, 0.15) is 22.9 Å². The topological polar surface area (TPSA) is 110 Å². The fourth-order valence-electron chi connectivity index (χ4n) is 3.67. The van der Waals surface area contributed by atoms with E-state index in [9.17, 15) is 9.59 Å². The standard InChI is InChI=1S/C26H30N4O4S2/c1-17-11-13-21(33-17)19-15-35-25(27-19)29-23(31)9-7-5-3-4-6-8-10-24(32)30-26-28-20(16-36-26)22-14-12-18(2)34-22/h11-16H,3-10H2,1-2H3,(H,27,29,31)(H,28,30,32). The second-order valence-corrected chi connectivity index (χ2v) is 10.3. The largest absolute Gasteiger partial charge is 0.460 e. The van der Waals surface area contributed by atoms with Crippen LogP contribution in [0.4, 0.5) is 10.3 Å². The Morgan fingerprint density at radius 3 is 1.50 bits per heavy atom. The number of furan rings is 2. The van der Waals surface area contributed by atoms with Crippen molar-refractivity contribution in [3.63, 3.8) is 0 Å². The number of rotatable bonds is 13. The van der Waals surface area contributed by atoms with E-state index in [0.29, 0.717) is 34.6 Å². The van der Waals surface area contributed by atoms with E-state index in [4.69, 9.17) is 8.83 Å². The molecule has 190 valence electrons. The van der Waals surface area contributed by atoms with Crippen LogP contribution in [-0.4, -0.2) is 21.8 Å². The predicted octanol–water partition coefficient (Wildman–Crippen LogP) is 7.43. The van der Waals surface area contributed by atoms with Gasteiger partial charge in [-0.3, -0.25) is 9.59 Å². The van der Waals surface area contributed by atoms with Crippen LogP contribution in [0.5, 0.6) is 0 Å². The molecular weight excluding hydrogens is 496 g/mol. The van der Waals surface area contributed by atoms with Crippen molar-refractivity contribution >= 4 is 44.8 Å². The lowest BCUT2D eigenvalue weighted by Gasteiger charge is -2.03. The quantitative estimate of drug-likeness (QED) is 0.175. The minimum absolute atomic E-state index is 0.0178. The molecule has 0 saturated carbocycles. The summed E-state index contributed by atoms with van der Waals surface area (Å²) < 4.78 is 11.1. The highest BCUT2D eigenvalue weighted by Gasteiger charge is 2.12. The minimum Gasteiger partial charge on any atom is -0.460 e. The normalized spacial score (nSPS) is 11.1. The minimum atomic E-state index is -0.0178. The maximum Gasteiger partial charge on any atom is 0.226 e. The first kappa shape index (κ1) is 25.8. The molecule has 0 aromatic carbocycles. The number of aromatic nitrogens is 2. The Hall–Kier alpha value is -3.24. The molecule has 4 aromatic heterocycles. The average Bonchev–Trinajstić information content (AvgIpc) is 3.64. The number of carbonyl (C=O) groups excluding carboxylic acids is 2. The predicted molar refractivity (Wildman–Crippen MR) is 143 cm³/mol. The summed E-state index contributed by atoms with van der Waals surface area (Å²) in [5, 5.41) is 10.7. The molecular formula is C26H30N4O4S2. The highest BCUT2D eigenvalue weighted by Crippen LogP contribution is 2.27. The molecule has 4 heterocycles. The van der Waals surface area contributed by atoms with E-state index < -0.39 is 0 Å². The second-order valence-electron chi connectivity index (χ2n) is 8.61. The molecule has 2 amide bonds. The number of thiazole rings is 2. The van der Waals surface area contributed by atoms with E-state index >= 15 is 0 Å². The molecule has 10 heteroatoms. The molecule has 0 atom stereocenters. The van der Waals surface area contributed by atoms with Crippen LogP contribution in [0.15, 0.2) is 43.9 Å². The Morgan fingerprint density at radius 1 is 0.694 bits per heavy atom. The molecule has 8 nitrogen and oxygen atoms in total. The van der Waals surface area contributed by atoms with Gasteiger partial charge < -0.3 is 19.5 Å². The summed E-state index contributed by atoms with van der Waals surface area (Å²) in [6.45, 7) is 3.78. The monoisotopic (exact) mass is 526 g/mol. The fourth-order valence-corrected chi connectivity index (χ4v) is 5.11. The van der Waals surface area contributed by atoms with E-state index in [-0.39, 0.29) is 11.8 Å². The van der Waals surface area contributed by atoms with Crippen LogP contribution in [-0.2, 0) is 9.59 Å². The zero-order valence-corrected chi connectivity index (χ0v) is 22.1. The number of amides is 2. The summed E-state index contributed by atoms with van der Waals surface area (Å²) >= 11 is 2.79. The molecule has 0 unspecified atom stereocenters. The molecule has 0 aliphatic rings. The molecule has 2 N–H and O–H groups in total. The number of nitrogens with one attached hydrogen (secondary N) is 2. The number of hydrogen-bond donors (Lipinski definition) is 2. The molecule has 0 aliphatic carbocycles. The number of carbonyl (C=O) groups is 2. The van der Waals surface area contributed by atoms with Crippen molar-refractivity contribution in [2.75, 3.05) is 10.6 Å². The first-order valence-corrected chi connectivity index (χ1v) is 13.9. The van der Waals surface area contributed by atoms with Crippen LogP contribution in [0, 0.1) is 13.8 Å². The van der Waals surface area contributed by atoms with Crippen molar-refractivity contribution in [1.29, 1.82) is 0 Å². The molecule has 0 spiro atoms. The summed E-state index contributed by atoms with van der Waals surface area (Å²) in [4.78, 5) is 33.2. The van der Waals surface area contributed by atoms with Gasteiger partial charge in [0.25, 0.3) is 0 Å². The van der Waals surface area contributed by atoms with Crippen LogP contribution in [0.2, 0.25) is 0 Å². The van der Waals surface area contributed by atoms with E-state index in [1.807, 2.05) is 48.9 Å². The maximum absolute atomic E-state index is 12.2. The number of hydrogen-bond acceptors (Lipinski definition) is 8. The molecule has 0 fully saturated rings. The first-order chi connectivity index (χ1) is 17.5. The van der Waals surface area contributed by atoms with Crippen LogP contribution in [0.1, 0.15) is 62.9 Å². The third-order valence-corrected chi connectivity index (χ3v) is 7.06. The Balaban J connectivity index is 1.03. The molecule has 0 bridgehead atoms. The zero-order valence-electron chi connectivity index (χ0n) is 20.5. The molecule has 4 aromatic rings. The fraction of sp³-hybridized carbons (Fsp3) is 0.385. The number of anilines is 2. The third-order valence-electron chi connectivity index (χ3n) is 5.54. The van der Waals surface area contributed by atoms with Crippen molar-refractivity contribution in [2.24, 2.45) is 0 Å². The Kier molecular flexibility index (Phi) is 9.07. The number of nitrogens with zero attached hydrogens (tertiary/aromatic N) is 2. The van der Waals surface area contributed by atoms with Gasteiger partial charge in [0.05, 0.1) is 0 Å². The Bertz CT molecular complexity index is 1190. The van der Waals surface area contributed by atoms with Crippen LogP contribution < -0.4 is 10.6 Å². The maximum atomic E-state index is 12.2.